The number of carbonyl (C=O) groups excluding carboxylic acids is 3. The molecule has 0 spiro atoms. The first-order valence-electron chi connectivity index (χ1n) is 9.85. The fraction of sp³-hybridized carbons (Fsp3) is 0.182. The van der Waals surface area contributed by atoms with Crippen LogP contribution in [0.5, 0.6) is 5.75 Å². The van der Waals surface area contributed by atoms with Gasteiger partial charge in [0.2, 0.25) is 5.91 Å². The molecule has 1 atom stereocenters. The second-order valence-corrected chi connectivity index (χ2v) is 7.81. The molecule has 1 aromatic heterocycles. The van der Waals surface area contributed by atoms with Crippen molar-refractivity contribution in [2.45, 2.75) is 18.2 Å². The number of aryl methyl sites for hydroxylation is 1. The van der Waals surface area contributed by atoms with Crippen molar-refractivity contribution in [3.63, 3.8) is 0 Å². The number of imidazole rings is 1. The maximum absolute atomic E-state index is 13.6. The fourth-order valence-electron chi connectivity index (χ4n) is 2.60. The second kappa shape index (κ2) is 11.1. The number of rotatable bonds is 8. The maximum atomic E-state index is 13.6. The number of thioether (sulfide) groups is 1. The first kappa shape index (κ1) is 23.8. The van der Waals surface area contributed by atoms with Gasteiger partial charge in [-0.25, -0.2) is 9.37 Å². The summed E-state index contributed by atoms with van der Waals surface area (Å²) in [5.74, 6) is -1.90. The smallest absolute Gasteiger partial charge is 0.279 e. The Kier molecular flexibility index (Phi) is 8.03. The SMILES string of the molecule is C[C@@H](Oc1ccccc1F)C(=O)NNC(=O)c1ccc(NC(=O)CSc2nccn2C)cc1. The molecule has 0 saturated carbocycles. The lowest BCUT2D eigenvalue weighted by Crippen LogP contribution is -2.47. The van der Waals surface area contributed by atoms with Crippen molar-refractivity contribution in [3.8, 4) is 5.75 Å². The van der Waals surface area contributed by atoms with E-state index in [1.54, 1.807) is 30.6 Å². The minimum atomic E-state index is -1.04. The van der Waals surface area contributed by atoms with Crippen LogP contribution in [0.4, 0.5) is 10.1 Å². The van der Waals surface area contributed by atoms with E-state index < -0.39 is 23.7 Å². The minimum absolute atomic E-state index is 0.0672. The molecule has 9 nitrogen and oxygen atoms in total. The molecule has 0 bridgehead atoms. The van der Waals surface area contributed by atoms with E-state index in [1.807, 2.05) is 11.6 Å². The van der Waals surface area contributed by atoms with Crippen LogP contribution in [0.1, 0.15) is 17.3 Å². The van der Waals surface area contributed by atoms with E-state index in [4.69, 9.17) is 4.74 Å². The molecule has 0 saturated heterocycles. The summed E-state index contributed by atoms with van der Waals surface area (Å²) in [6.45, 7) is 1.43. The second-order valence-electron chi connectivity index (χ2n) is 6.87. The molecule has 3 N–H and O–H groups in total. The van der Waals surface area contributed by atoms with Gasteiger partial charge in [0.05, 0.1) is 5.75 Å². The number of carbonyl (C=O) groups is 3. The fourth-order valence-corrected chi connectivity index (χ4v) is 3.33. The van der Waals surface area contributed by atoms with Crippen LogP contribution in [0.15, 0.2) is 66.1 Å². The molecule has 3 aromatic rings. The number of nitrogens with one attached hydrogen (secondary N) is 3. The number of ether oxygens (including phenoxy) is 1. The summed E-state index contributed by atoms with van der Waals surface area (Å²) in [5, 5.41) is 3.47. The Labute approximate surface area is 193 Å². The van der Waals surface area contributed by atoms with Gasteiger partial charge in [-0.2, -0.15) is 0 Å². The molecule has 3 amide bonds. The molecule has 0 fully saturated rings. The van der Waals surface area contributed by atoms with Gasteiger partial charge in [0.15, 0.2) is 22.8 Å². The molecule has 1 heterocycles. The number of para-hydroxylation sites is 1. The molecule has 0 unspecified atom stereocenters. The summed E-state index contributed by atoms with van der Waals surface area (Å²) in [6, 6.07) is 11.8. The minimum Gasteiger partial charge on any atom is -0.478 e. The van der Waals surface area contributed by atoms with Crippen LogP contribution in [0.2, 0.25) is 0 Å². The zero-order chi connectivity index (χ0) is 23.8. The van der Waals surface area contributed by atoms with Gasteiger partial charge in [-0.05, 0) is 43.3 Å². The third kappa shape index (κ3) is 6.81. The van der Waals surface area contributed by atoms with Crippen molar-refractivity contribution in [2.24, 2.45) is 7.05 Å². The average molecular weight is 472 g/mol. The van der Waals surface area contributed by atoms with E-state index >= 15 is 0 Å². The predicted octanol–water partition coefficient (Wildman–Crippen LogP) is 2.52. The Morgan fingerprint density at radius 3 is 2.52 bits per heavy atom. The number of halogens is 1. The third-order valence-electron chi connectivity index (χ3n) is 4.35. The zero-order valence-electron chi connectivity index (χ0n) is 17.9. The molecule has 3 rings (SSSR count). The number of nitrogens with zero attached hydrogens (tertiary/aromatic N) is 2. The zero-order valence-corrected chi connectivity index (χ0v) is 18.7. The summed E-state index contributed by atoms with van der Waals surface area (Å²) in [7, 11) is 1.84. The van der Waals surface area contributed by atoms with Gasteiger partial charge >= 0.3 is 0 Å². The highest BCUT2D eigenvalue weighted by Gasteiger charge is 2.17. The van der Waals surface area contributed by atoms with E-state index in [0.717, 1.165) is 5.16 Å². The summed E-state index contributed by atoms with van der Waals surface area (Å²) in [6.07, 6.45) is 2.41. The highest BCUT2D eigenvalue weighted by molar-refractivity contribution is 7.99. The molecule has 2 aromatic carbocycles. The molecule has 0 aliphatic rings. The molecule has 11 heteroatoms. The molecule has 0 radical (unpaired) electrons. The van der Waals surface area contributed by atoms with Crippen molar-refractivity contribution >= 4 is 35.2 Å². The van der Waals surface area contributed by atoms with E-state index in [9.17, 15) is 18.8 Å². The topological polar surface area (TPSA) is 114 Å². The molecular formula is C22H22FN5O4S. The van der Waals surface area contributed by atoms with Crippen LogP contribution in [-0.4, -0.2) is 39.1 Å². The normalized spacial score (nSPS) is 11.4. The first-order valence-corrected chi connectivity index (χ1v) is 10.8. The van der Waals surface area contributed by atoms with Crippen LogP contribution in [-0.2, 0) is 16.6 Å². The van der Waals surface area contributed by atoms with E-state index in [0.29, 0.717) is 5.69 Å². The molecule has 0 aliphatic carbocycles. The van der Waals surface area contributed by atoms with Gasteiger partial charge in [0.1, 0.15) is 0 Å². The maximum Gasteiger partial charge on any atom is 0.279 e. The molecule has 33 heavy (non-hydrogen) atoms. The van der Waals surface area contributed by atoms with Gasteiger partial charge in [0.25, 0.3) is 11.8 Å². The quantitative estimate of drug-likeness (QED) is 0.344. The van der Waals surface area contributed by atoms with Gasteiger partial charge in [0, 0.05) is 30.7 Å². The Balaban J connectivity index is 1.44. The van der Waals surface area contributed by atoms with Crippen molar-refractivity contribution in [2.75, 3.05) is 11.1 Å². The number of benzene rings is 2. The van der Waals surface area contributed by atoms with Crippen molar-refractivity contribution < 1.29 is 23.5 Å². The van der Waals surface area contributed by atoms with Crippen LogP contribution >= 0.6 is 11.8 Å². The number of hydrogen-bond donors (Lipinski definition) is 3. The predicted molar refractivity (Wildman–Crippen MR) is 121 cm³/mol. The van der Waals surface area contributed by atoms with Crippen LogP contribution < -0.4 is 20.9 Å². The Hall–Kier alpha value is -3.86. The Bertz CT molecular complexity index is 1140. The van der Waals surface area contributed by atoms with Crippen LogP contribution in [0.25, 0.3) is 0 Å². The number of aromatic nitrogens is 2. The Morgan fingerprint density at radius 1 is 1.12 bits per heavy atom. The lowest BCUT2D eigenvalue weighted by Gasteiger charge is -2.15. The number of amides is 3. The van der Waals surface area contributed by atoms with Gasteiger partial charge in [-0.1, -0.05) is 23.9 Å². The van der Waals surface area contributed by atoms with E-state index in [-0.39, 0.29) is 23.0 Å². The van der Waals surface area contributed by atoms with Crippen LogP contribution in [0, 0.1) is 5.82 Å². The Morgan fingerprint density at radius 2 is 1.85 bits per heavy atom. The standard InChI is InChI=1S/C22H22FN5O4S/c1-14(32-18-6-4-3-5-17(18)23)20(30)26-27-21(31)15-7-9-16(10-8-15)25-19(29)13-33-22-24-11-12-28(22)2/h3-12,14H,13H2,1-2H3,(H,25,29)(H,26,30)(H,27,31)/t14-/m1/s1. The van der Waals surface area contributed by atoms with Crippen molar-refractivity contribution in [1.29, 1.82) is 0 Å². The summed E-state index contributed by atoms with van der Waals surface area (Å²) >= 11 is 1.31. The number of hydrazine groups is 1. The highest BCUT2D eigenvalue weighted by atomic mass is 32.2. The average Bonchev–Trinajstić information content (AvgIpc) is 3.22. The van der Waals surface area contributed by atoms with E-state index in [1.165, 1.54) is 49.0 Å². The molecule has 0 aliphatic heterocycles. The largest absolute Gasteiger partial charge is 0.478 e. The lowest BCUT2D eigenvalue weighted by molar-refractivity contribution is -0.128. The highest BCUT2D eigenvalue weighted by Crippen LogP contribution is 2.17. The van der Waals surface area contributed by atoms with E-state index in [2.05, 4.69) is 21.2 Å². The van der Waals surface area contributed by atoms with Gasteiger partial charge in [-0.3, -0.25) is 25.2 Å². The summed E-state index contributed by atoms with van der Waals surface area (Å²) < 4.78 is 20.7. The number of anilines is 1. The third-order valence-corrected chi connectivity index (χ3v) is 5.41. The van der Waals surface area contributed by atoms with Gasteiger partial charge < -0.3 is 14.6 Å². The lowest BCUT2D eigenvalue weighted by atomic mass is 10.2. The monoisotopic (exact) mass is 471 g/mol. The number of hydrogen-bond acceptors (Lipinski definition) is 6. The molecule has 172 valence electrons. The van der Waals surface area contributed by atoms with Crippen LogP contribution in [0.3, 0.4) is 0 Å². The molecular weight excluding hydrogens is 449 g/mol. The summed E-state index contributed by atoms with van der Waals surface area (Å²) in [5.41, 5.74) is 5.29. The van der Waals surface area contributed by atoms with Crippen molar-refractivity contribution in [3.05, 3.63) is 72.3 Å². The first-order chi connectivity index (χ1) is 15.8. The van der Waals surface area contributed by atoms with Gasteiger partial charge in [-0.15, -0.1) is 0 Å². The van der Waals surface area contributed by atoms with Crippen molar-refractivity contribution in [1.82, 2.24) is 20.4 Å². The summed E-state index contributed by atoms with van der Waals surface area (Å²) in [4.78, 5) is 40.6.